The van der Waals surface area contributed by atoms with Crippen molar-refractivity contribution in [3.63, 3.8) is 0 Å². The summed E-state index contributed by atoms with van der Waals surface area (Å²) in [5.41, 5.74) is 1.98. The van der Waals surface area contributed by atoms with Gasteiger partial charge in [-0.05, 0) is 31.0 Å². The van der Waals surface area contributed by atoms with Crippen molar-refractivity contribution in [2.45, 2.75) is 26.3 Å². The van der Waals surface area contributed by atoms with Gasteiger partial charge in [0.05, 0.1) is 6.42 Å². The lowest BCUT2D eigenvalue weighted by molar-refractivity contribution is -0.145. The SMILES string of the molecule is Cc1cccc(C(=O)N[C@@H](CC(=O)O)C(=O)O)c1C. The molecule has 6 heteroatoms. The van der Waals surface area contributed by atoms with Gasteiger partial charge in [0.15, 0.2) is 0 Å². The third-order valence-electron chi connectivity index (χ3n) is 2.83. The van der Waals surface area contributed by atoms with E-state index < -0.39 is 30.3 Å². The van der Waals surface area contributed by atoms with Gasteiger partial charge in [-0.3, -0.25) is 9.59 Å². The largest absolute Gasteiger partial charge is 0.481 e. The van der Waals surface area contributed by atoms with Gasteiger partial charge in [0.2, 0.25) is 0 Å². The molecule has 1 aromatic rings. The molecule has 0 aliphatic heterocycles. The molecule has 1 rings (SSSR count). The number of benzene rings is 1. The number of carbonyl (C=O) groups is 3. The van der Waals surface area contributed by atoms with Gasteiger partial charge in [0, 0.05) is 5.56 Å². The Bertz CT molecular complexity index is 524. The fraction of sp³-hybridized carbons (Fsp3) is 0.308. The maximum Gasteiger partial charge on any atom is 0.326 e. The van der Waals surface area contributed by atoms with E-state index in [1.54, 1.807) is 19.1 Å². The van der Waals surface area contributed by atoms with E-state index in [0.29, 0.717) is 5.56 Å². The van der Waals surface area contributed by atoms with E-state index in [1.165, 1.54) is 0 Å². The molecule has 0 aliphatic carbocycles. The van der Waals surface area contributed by atoms with Gasteiger partial charge in [0.1, 0.15) is 6.04 Å². The van der Waals surface area contributed by atoms with Crippen molar-refractivity contribution < 1.29 is 24.6 Å². The lowest BCUT2D eigenvalue weighted by Crippen LogP contribution is -2.42. The number of carboxylic acid groups (broad SMARTS) is 2. The molecule has 0 aromatic heterocycles. The Morgan fingerprint density at radius 3 is 2.37 bits per heavy atom. The Labute approximate surface area is 110 Å². The standard InChI is InChI=1S/C13H15NO5/c1-7-4-3-5-9(8(7)2)12(17)14-10(13(18)19)6-11(15)16/h3-5,10H,6H2,1-2H3,(H,14,17)(H,15,16)(H,18,19)/t10-/m0/s1. The van der Waals surface area contributed by atoms with Crippen LogP contribution in [0.4, 0.5) is 0 Å². The Hall–Kier alpha value is -2.37. The lowest BCUT2D eigenvalue weighted by Gasteiger charge is -2.14. The first-order chi connectivity index (χ1) is 8.82. The molecule has 19 heavy (non-hydrogen) atoms. The summed E-state index contributed by atoms with van der Waals surface area (Å²) in [5, 5.41) is 19.7. The fourth-order valence-corrected chi connectivity index (χ4v) is 1.61. The number of hydrogen-bond acceptors (Lipinski definition) is 3. The van der Waals surface area contributed by atoms with Gasteiger partial charge in [-0.1, -0.05) is 12.1 Å². The summed E-state index contributed by atoms with van der Waals surface area (Å²) in [6, 6.07) is 3.64. The Kier molecular flexibility index (Phi) is 4.63. The molecule has 102 valence electrons. The average Bonchev–Trinajstić information content (AvgIpc) is 2.31. The predicted molar refractivity (Wildman–Crippen MR) is 67.1 cm³/mol. The topological polar surface area (TPSA) is 104 Å². The van der Waals surface area contributed by atoms with Crippen LogP contribution in [0.5, 0.6) is 0 Å². The van der Waals surface area contributed by atoms with Crippen LogP contribution in [-0.2, 0) is 9.59 Å². The summed E-state index contributed by atoms with van der Waals surface area (Å²) < 4.78 is 0. The number of nitrogens with one attached hydrogen (secondary N) is 1. The monoisotopic (exact) mass is 265 g/mol. The summed E-state index contributed by atoms with van der Waals surface area (Å²) in [4.78, 5) is 33.4. The molecular weight excluding hydrogens is 250 g/mol. The summed E-state index contributed by atoms with van der Waals surface area (Å²) in [7, 11) is 0. The van der Waals surface area contributed by atoms with Crippen LogP contribution >= 0.6 is 0 Å². The molecule has 0 fully saturated rings. The third kappa shape index (κ3) is 3.80. The normalized spacial score (nSPS) is 11.7. The second-order valence-electron chi connectivity index (χ2n) is 4.21. The fourth-order valence-electron chi connectivity index (χ4n) is 1.61. The molecule has 0 radical (unpaired) electrons. The second-order valence-corrected chi connectivity index (χ2v) is 4.21. The van der Waals surface area contributed by atoms with Crippen LogP contribution in [0.1, 0.15) is 27.9 Å². The highest BCUT2D eigenvalue weighted by Crippen LogP contribution is 2.12. The molecule has 1 atom stereocenters. The molecule has 0 spiro atoms. The first kappa shape index (κ1) is 14.7. The van der Waals surface area contributed by atoms with Gasteiger partial charge in [0.25, 0.3) is 5.91 Å². The Balaban J connectivity index is 2.91. The minimum atomic E-state index is -1.44. The van der Waals surface area contributed by atoms with Crippen LogP contribution in [0, 0.1) is 13.8 Å². The number of carbonyl (C=O) groups excluding carboxylic acids is 1. The van der Waals surface area contributed by atoms with Crippen LogP contribution in [0.15, 0.2) is 18.2 Å². The molecule has 0 saturated heterocycles. The van der Waals surface area contributed by atoms with Gasteiger partial charge in [-0.15, -0.1) is 0 Å². The van der Waals surface area contributed by atoms with Gasteiger partial charge < -0.3 is 15.5 Å². The van der Waals surface area contributed by atoms with Gasteiger partial charge in [-0.25, -0.2) is 4.79 Å². The van der Waals surface area contributed by atoms with Crippen molar-refractivity contribution in [2.75, 3.05) is 0 Å². The van der Waals surface area contributed by atoms with E-state index in [0.717, 1.165) is 11.1 Å². The van der Waals surface area contributed by atoms with Crippen molar-refractivity contribution in [1.82, 2.24) is 5.32 Å². The maximum atomic E-state index is 11.9. The predicted octanol–water partition coefficient (Wildman–Crippen LogP) is 0.961. The number of hydrogen-bond donors (Lipinski definition) is 3. The van der Waals surface area contributed by atoms with E-state index >= 15 is 0 Å². The average molecular weight is 265 g/mol. The van der Waals surface area contributed by atoms with Gasteiger partial charge >= 0.3 is 11.9 Å². The van der Waals surface area contributed by atoms with Crippen molar-refractivity contribution in [3.05, 3.63) is 34.9 Å². The summed E-state index contributed by atoms with van der Waals surface area (Å²) >= 11 is 0. The summed E-state index contributed by atoms with van der Waals surface area (Å²) in [6.45, 7) is 3.58. The van der Waals surface area contributed by atoms with E-state index in [4.69, 9.17) is 10.2 Å². The zero-order valence-electron chi connectivity index (χ0n) is 10.6. The number of rotatable bonds is 5. The number of amides is 1. The lowest BCUT2D eigenvalue weighted by atomic mass is 10.0. The molecule has 0 aliphatic rings. The van der Waals surface area contributed by atoms with Crippen LogP contribution in [0.25, 0.3) is 0 Å². The zero-order valence-corrected chi connectivity index (χ0v) is 10.6. The molecule has 0 unspecified atom stereocenters. The zero-order chi connectivity index (χ0) is 14.6. The number of carboxylic acids is 2. The molecular formula is C13H15NO5. The van der Waals surface area contributed by atoms with Crippen LogP contribution in [0.3, 0.4) is 0 Å². The van der Waals surface area contributed by atoms with Crippen LogP contribution in [0.2, 0.25) is 0 Å². The van der Waals surface area contributed by atoms with Crippen molar-refractivity contribution in [3.8, 4) is 0 Å². The van der Waals surface area contributed by atoms with E-state index in [-0.39, 0.29) is 0 Å². The van der Waals surface area contributed by atoms with Crippen molar-refractivity contribution in [1.29, 1.82) is 0 Å². The summed E-state index contributed by atoms with van der Waals surface area (Å²) in [5.74, 6) is -3.25. The highest BCUT2D eigenvalue weighted by Gasteiger charge is 2.24. The number of aliphatic carboxylic acids is 2. The van der Waals surface area contributed by atoms with Crippen molar-refractivity contribution in [2.24, 2.45) is 0 Å². The summed E-state index contributed by atoms with van der Waals surface area (Å²) in [6.07, 6.45) is -0.661. The second kappa shape index (κ2) is 5.99. The van der Waals surface area contributed by atoms with Crippen LogP contribution < -0.4 is 5.32 Å². The highest BCUT2D eigenvalue weighted by molar-refractivity contribution is 5.98. The van der Waals surface area contributed by atoms with Crippen LogP contribution in [-0.4, -0.2) is 34.1 Å². The molecule has 1 amide bonds. The Morgan fingerprint density at radius 2 is 1.84 bits per heavy atom. The number of aryl methyl sites for hydroxylation is 1. The van der Waals surface area contributed by atoms with Crippen molar-refractivity contribution >= 4 is 17.8 Å². The van der Waals surface area contributed by atoms with E-state index in [2.05, 4.69) is 5.32 Å². The van der Waals surface area contributed by atoms with Gasteiger partial charge in [-0.2, -0.15) is 0 Å². The minimum absolute atomic E-state index is 0.344. The maximum absolute atomic E-state index is 11.9. The van der Waals surface area contributed by atoms with E-state index in [1.807, 2.05) is 13.0 Å². The van der Waals surface area contributed by atoms with E-state index in [9.17, 15) is 14.4 Å². The molecule has 6 nitrogen and oxygen atoms in total. The first-order valence-electron chi connectivity index (χ1n) is 5.64. The molecule has 0 heterocycles. The minimum Gasteiger partial charge on any atom is -0.481 e. The molecule has 1 aromatic carbocycles. The molecule has 3 N–H and O–H groups in total. The third-order valence-corrected chi connectivity index (χ3v) is 2.83. The smallest absolute Gasteiger partial charge is 0.326 e. The molecule has 0 bridgehead atoms. The quantitative estimate of drug-likeness (QED) is 0.735. The Morgan fingerprint density at radius 1 is 1.21 bits per heavy atom. The first-order valence-corrected chi connectivity index (χ1v) is 5.64. The molecule has 0 saturated carbocycles. The highest BCUT2D eigenvalue weighted by atomic mass is 16.4.